The zero-order chi connectivity index (χ0) is 14.7. The Balaban J connectivity index is 1.75. The van der Waals surface area contributed by atoms with Crippen LogP contribution in [-0.4, -0.2) is 25.2 Å². The van der Waals surface area contributed by atoms with E-state index >= 15 is 0 Å². The Morgan fingerprint density at radius 2 is 2.05 bits per heavy atom. The van der Waals surface area contributed by atoms with Gasteiger partial charge in [0.1, 0.15) is 5.82 Å². The molecule has 3 rings (SSSR count). The predicted octanol–water partition coefficient (Wildman–Crippen LogP) is 3.96. The molecule has 0 amide bonds. The molecule has 1 aromatic carbocycles. The second kappa shape index (κ2) is 6.78. The maximum absolute atomic E-state index is 13.6. The van der Waals surface area contributed by atoms with E-state index in [1.807, 2.05) is 6.07 Å². The lowest BCUT2D eigenvalue weighted by atomic mass is 9.82. The average molecular weight is 290 g/mol. The van der Waals surface area contributed by atoms with E-state index < -0.39 is 0 Å². The van der Waals surface area contributed by atoms with Crippen molar-refractivity contribution in [2.45, 2.75) is 57.5 Å². The van der Waals surface area contributed by atoms with Gasteiger partial charge >= 0.3 is 0 Å². The number of nitrogens with zero attached hydrogens (tertiary/aromatic N) is 1. The molecule has 2 nitrogen and oxygen atoms in total. The number of piperazine rings is 1. The van der Waals surface area contributed by atoms with Crippen molar-refractivity contribution in [1.82, 2.24) is 5.32 Å². The van der Waals surface area contributed by atoms with Crippen molar-refractivity contribution in [2.75, 3.05) is 18.0 Å². The van der Waals surface area contributed by atoms with Gasteiger partial charge in [-0.25, -0.2) is 4.39 Å². The van der Waals surface area contributed by atoms with Gasteiger partial charge in [-0.05, 0) is 43.4 Å². The summed E-state index contributed by atoms with van der Waals surface area (Å²) >= 11 is 0. The largest absolute Gasteiger partial charge is 0.366 e. The smallest absolute Gasteiger partial charge is 0.125 e. The van der Waals surface area contributed by atoms with Crippen molar-refractivity contribution in [3.8, 4) is 0 Å². The maximum atomic E-state index is 13.6. The van der Waals surface area contributed by atoms with Crippen molar-refractivity contribution in [3.05, 3.63) is 30.1 Å². The minimum Gasteiger partial charge on any atom is -0.366 e. The van der Waals surface area contributed by atoms with Gasteiger partial charge in [-0.3, -0.25) is 0 Å². The molecule has 1 heterocycles. The fourth-order valence-corrected chi connectivity index (χ4v) is 4.01. The molecule has 2 fully saturated rings. The Bertz CT molecular complexity index is 456. The fraction of sp³-hybridized carbons (Fsp3) is 0.667. The SMILES string of the molecule is CCC1CNC(C2CCCCC2)CN1c1cccc(F)c1. The summed E-state index contributed by atoms with van der Waals surface area (Å²) < 4.78 is 13.6. The minimum atomic E-state index is -0.130. The molecule has 2 unspecified atom stereocenters. The topological polar surface area (TPSA) is 15.3 Å². The van der Waals surface area contributed by atoms with Gasteiger partial charge in [0.15, 0.2) is 0 Å². The van der Waals surface area contributed by atoms with Crippen LogP contribution >= 0.6 is 0 Å². The van der Waals surface area contributed by atoms with E-state index in [4.69, 9.17) is 0 Å². The second-order valence-electron chi connectivity index (χ2n) is 6.61. The molecule has 1 aliphatic carbocycles. The van der Waals surface area contributed by atoms with E-state index in [0.29, 0.717) is 12.1 Å². The summed E-state index contributed by atoms with van der Waals surface area (Å²) in [6, 6.07) is 8.14. The zero-order valence-corrected chi connectivity index (χ0v) is 13.0. The summed E-state index contributed by atoms with van der Waals surface area (Å²) in [6.45, 7) is 4.26. The normalized spacial score (nSPS) is 27.8. The molecule has 1 saturated heterocycles. The van der Waals surface area contributed by atoms with Crippen molar-refractivity contribution in [1.29, 1.82) is 0 Å². The molecule has 1 aromatic rings. The third-order valence-corrected chi connectivity index (χ3v) is 5.28. The van der Waals surface area contributed by atoms with Crippen LogP contribution in [0.4, 0.5) is 10.1 Å². The molecule has 21 heavy (non-hydrogen) atoms. The van der Waals surface area contributed by atoms with Crippen molar-refractivity contribution in [3.63, 3.8) is 0 Å². The molecular formula is C18H27FN2. The highest BCUT2D eigenvalue weighted by atomic mass is 19.1. The Labute approximate surface area is 127 Å². The Morgan fingerprint density at radius 3 is 2.76 bits per heavy atom. The molecule has 116 valence electrons. The van der Waals surface area contributed by atoms with Crippen LogP contribution in [-0.2, 0) is 0 Å². The first-order chi connectivity index (χ1) is 10.3. The lowest BCUT2D eigenvalue weighted by Crippen LogP contribution is -2.59. The molecule has 0 radical (unpaired) electrons. The van der Waals surface area contributed by atoms with E-state index in [-0.39, 0.29) is 5.82 Å². The van der Waals surface area contributed by atoms with Crippen LogP contribution in [0.5, 0.6) is 0 Å². The van der Waals surface area contributed by atoms with Crippen molar-refractivity contribution < 1.29 is 4.39 Å². The highest BCUT2D eigenvalue weighted by Crippen LogP contribution is 2.30. The third kappa shape index (κ3) is 3.39. The first kappa shape index (κ1) is 14.8. The third-order valence-electron chi connectivity index (χ3n) is 5.28. The van der Waals surface area contributed by atoms with E-state index in [2.05, 4.69) is 23.2 Å². The van der Waals surface area contributed by atoms with Crippen molar-refractivity contribution >= 4 is 5.69 Å². The van der Waals surface area contributed by atoms with Gasteiger partial charge in [0.05, 0.1) is 0 Å². The van der Waals surface area contributed by atoms with Crippen LogP contribution in [0.2, 0.25) is 0 Å². The van der Waals surface area contributed by atoms with E-state index in [0.717, 1.165) is 31.1 Å². The van der Waals surface area contributed by atoms with Gasteiger partial charge in [0.2, 0.25) is 0 Å². The van der Waals surface area contributed by atoms with Crippen LogP contribution in [0.15, 0.2) is 24.3 Å². The lowest BCUT2D eigenvalue weighted by molar-refractivity contribution is 0.240. The van der Waals surface area contributed by atoms with Gasteiger partial charge in [-0.2, -0.15) is 0 Å². The zero-order valence-electron chi connectivity index (χ0n) is 13.0. The highest BCUT2D eigenvalue weighted by Gasteiger charge is 2.32. The number of rotatable bonds is 3. The van der Waals surface area contributed by atoms with Gasteiger partial charge in [0, 0.05) is 30.9 Å². The summed E-state index contributed by atoms with van der Waals surface area (Å²) in [4.78, 5) is 2.43. The molecule has 2 atom stereocenters. The molecule has 1 aliphatic heterocycles. The number of hydrogen-bond donors (Lipinski definition) is 1. The summed E-state index contributed by atoms with van der Waals surface area (Å²) in [5.74, 6) is 0.669. The molecule has 1 N–H and O–H groups in total. The standard InChI is InChI=1S/C18H27FN2/c1-2-16-12-20-18(14-7-4-3-5-8-14)13-21(16)17-10-6-9-15(19)11-17/h6,9-11,14,16,18,20H,2-5,7-8,12-13H2,1H3. The van der Waals surface area contributed by atoms with Crippen LogP contribution in [0, 0.1) is 11.7 Å². The Hall–Kier alpha value is -1.09. The lowest BCUT2D eigenvalue weighted by Gasteiger charge is -2.45. The molecular weight excluding hydrogens is 263 g/mol. The molecule has 2 aliphatic rings. The molecule has 0 aromatic heterocycles. The van der Waals surface area contributed by atoms with Crippen LogP contribution in [0.1, 0.15) is 45.4 Å². The summed E-state index contributed by atoms with van der Waals surface area (Å²) in [7, 11) is 0. The van der Waals surface area contributed by atoms with E-state index in [9.17, 15) is 4.39 Å². The summed E-state index contributed by atoms with van der Waals surface area (Å²) in [5, 5.41) is 3.77. The average Bonchev–Trinajstić information content (AvgIpc) is 2.55. The monoisotopic (exact) mass is 290 g/mol. The maximum Gasteiger partial charge on any atom is 0.125 e. The predicted molar refractivity (Wildman–Crippen MR) is 86.2 cm³/mol. The van der Waals surface area contributed by atoms with Crippen LogP contribution in [0.25, 0.3) is 0 Å². The molecule has 0 spiro atoms. The summed E-state index contributed by atoms with van der Waals surface area (Å²) in [5.41, 5.74) is 1.05. The van der Waals surface area contributed by atoms with E-state index in [1.54, 1.807) is 6.07 Å². The second-order valence-corrected chi connectivity index (χ2v) is 6.61. The number of nitrogens with one attached hydrogen (secondary N) is 1. The fourth-order valence-electron chi connectivity index (χ4n) is 4.01. The van der Waals surface area contributed by atoms with Gasteiger partial charge < -0.3 is 10.2 Å². The highest BCUT2D eigenvalue weighted by molar-refractivity contribution is 5.48. The number of hydrogen-bond acceptors (Lipinski definition) is 2. The van der Waals surface area contributed by atoms with Gasteiger partial charge in [-0.15, -0.1) is 0 Å². The number of anilines is 1. The van der Waals surface area contributed by atoms with Crippen LogP contribution in [0.3, 0.4) is 0 Å². The molecule has 1 saturated carbocycles. The van der Waals surface area contributed by atoms with E-state index in [1.165, 1.54) is 38.2 Å². The van der Waals surface area contributed by atoms with Gasteiger partial charge in [0.25, 0.3) is 0 Å². The number of halogens is 1. The number of benzene rings is 1. The van der Waals surface area contributed by atoms with Crippen molar-refractivity contribution in [2.24, 2.45) is 5.92 Å². The quantitative estimate of drug-likeness (QED) is 0.906. The minimum absolute atomic E-state index is 0.130. The Kier molecular flexibility index (Phi) is 4.79. The first-order valence-corrected chi connectivity index (χ1v) is 8.53. The first-order valence-electron chi connectivity index (χ1n) is 8.53. The molecule has 0 bridgehead atoms. The van der Waals surface area contributed by atoms with Crippen LogP contribution < -0.4 is 10.2 Å². The summed E-state index contributed by atoms with van der Waals surface area (Å²) in [6.07, 6.45) is 7.95. The van der Waals surface area contributed by atoms with Gasteiger partial charge in [-0.1, -0.05) is 32.3 Å². The molecule has 3 heteroatoms. The Morgan fingerprint density at radius 1 is 1.24 bits per heavy atom.